The lowest BCUT2D eigenvalue weighted by molar-refractivity contribution is -0.163. The van der Waals surface area contributed by atoms with Gasteiger partial charge in [0.05, 0.1) is 5.56 Å². The van der Waals surface area contributed by atoms with Crippen LogP contribution in [0.4, 0.5) is 22.0 Å². The van der Waals surface area contributed by atoms with Crippen molar-refractivity contribution in [2.24, 2.45) is 0 Å². The van der Waals surface area contributed by atoms with E-state index >= 15 is 0 Å². The molecular formula is C10H8F5NO. The van der Waals surface area contributed by atoms with Crippen molar-refractivity contribution in [3.05, 3.63) is 35.4 Å². The van der Waals surface area contributed by atoms with Crippen molar-refractivity contribution >= 4 is 5.91 Å². The molecule has 0 aliphatic heterocycles. The first-order valence-electron chi connectivity index (χ1n) is 4.51. The van der Waals surface area contributed by atoms with E-state index in [-0.39, 0.29) is 0 Å². The summed E-state index contributed by atoms with van der Waals surface area (Å²) in [6, 6.07) is -0.367. The molecule has 0 heterocycles. The summed E-state index contributed by atoms with van der Waals surface area (Å²) >= 11 is 0. The van der Waals surface area contributed by atoms with Crippen LogP contribution in [0.3, 0.4) is 0 Å². The third kappa shape index (κ3) is 3.15. The third-order valence-electron chi connectivity index (χ3n) is 1.96. The van der Waals surface area contributed by atoms with Crippen LogP contribution in [0.5, 0.6) is 0 Å². The lowest BCUT2D eigenvalue weighted by Gasteiger charge is -2.22. The first kappa shape index (κ1) is 13.4. The van der Waals surface area contributed by atoms with Crippen molar-refractivity contribution < 1.29 is 26.7 Å². The molecule has 1 aromatic carbocycles. The van der Waals surface area contributed by atoms with Gasteiger partial charge in [-0.05, 0) is 12.1 Å². The van der Waals surface area contributed by atoms with E-state index in [0.717, 1.165) is 13.0 Å². The van der Waals surface area contributed by atoms with Gasteiger partial charge in [-0.1, -0.05) is 6.07 Å². The minimum atomic E-state index is -4.98. The lowest BCUT2D eigenvalue weighted by Crippen LogP contribution is -2.38. The molecule has 1 rings (SSSR count). The molecule has 0 radical (unpaired) electrons. The van der Waals surface area contributed by atoms with Gasteiger partial charge in [0.1, 0.15) is 11.6 Å². The van der Waals surface area contributed by atoms with Crippen molar-refractivity contribution in [2.75, 3.05) is 0 Å². The highest BCUT2D eigenvalue weighted by atomic mass is 19.4. The number of halogens is 5. The summed E-state index contributed by atoms with van der Waals surface area (Å²) in [5, 5.41) is 1.47. The first-order valence-corrected chi connectivity index (χ1v) is 4.51. The molecule has 0 saturated heterocycles. The van der Waals surface area contributed by atoms with Gasteiger partial charge in [0.25, 0.3) is 0 Å². The molecule has 1 amide bonds. The molecule has 0 aliphatic rings. The summed E-state index contributed by atoms with van der Waals surface area (Å²) in [5.74, 6) is -3.75. The zero-order valence-corrected chi connectivity index (χ0v) is 8.61. The molecule has 0 aliphatic carbocycles. The maximum absolute atomic E-state index is 13.2. The smallest absolute Gasteiger partial charge is 0.341 e. The summed E-state index contributed by atoms with van der Waals surface area (Å²) in [6.07, 6.45) is -4.98. The molecule has 17 heavy (non-hydrogen) atoms. The Bertz CT molecular complexity index is 409. The minimum Gasteiger partial charge on any atom is -0.341 e. The number of carbonyl (C=O) groups is 1. The number of alkyl halides is 3. The van der Waals surface area contributed by atoms with E-state index in [1.54, 1.807) is 0 Å². The van der Waals surface area contributed by atoms with Crippen LogP contribution in [-0.4, -0.2) is 12.1 Å². The summed E-state index contributed by atoms with van der Waals surface area (Å²) in [7, 11) is 0. The second kappa shape index (κ2) is 4.68. The quantitative estimate of drug-likeness (QED) is 0.807. The zero-order valence-electron chi connectivity index (χ0n) is 8.61. The van der Waals surface area contributed by atoms with E-state index in [0.29, 0.717) is 12.1 Å². The standard InChI is InChI=1S/C10H8F5NO/c1-5(17)16-9(10(13,14)15)8-6(11)3-2-4-7(8)12/h2-4,9H,1H3,(H,16,17). The summed E-state index contributed by atoms with van der Waals surface area (Å²) in [6.45, 7) is 0.831. The molecule has 94 valence electrons. The fourth-order valence-corrected chi connectivity index (χ4v) is 1.31. The minimum absolute atomic E-state index is 0.693. The average Bonchev–Trinajstić information content (AvgIpc) is 2.13. The topological polar surface area (TPSA) is 29.1 Å². The van der Waals surface area contributed by atoms with Gasteiger partial charge in [0, 0.05) is 6.92 Å². The van der Waals surface area contributed by atoms with Crippen LogP contribution in [-0.2, 0) is 4.79 Å². The summed E-state index contributed by atoms with van der Waals surface area (Å²) < 4.78 is 64.1. The molecule has 7 heteroatoms. The van der Waals surface area contributed by atoms with Crippen LogP contribution in [0.1, 0.15) is 18.5 Å². The number of hydrogen-bond donors (Lipinski definition) is 1. The van der Waals surface area contributed by atoms with Crippen molar-refractivity contribution in [3.8, 4) is 0 Å². The van der Waals surface area contributed by atoms with Crippen LogP contribution in [0.15, 0.2) is 18.2 Å². The molecule has 0 saturated carbocycles. The molecule has 0 spiro atoms. The Morgan fingerprint density at radius 2 is 1.71 bits per heavy atom. The molecule has 2 nitrogen and oxygen atoms in total. The van der Waals surface area contributed by atoms with Gasteiger partial charge in [-0.15, -0.1) is 0 Å². The number of hydrogen-bond acceptors (Lipinski definition) is 1. The fourth-order valence-electron chi connectivity index (χ4n) is 1.31. The highest BCUT2D eigenvalue weighted by Gasteiger charge is 2.44. The van der Waals surface area contributed by atoms with Gasteiger partial charge < -0.3 is 5.32 Å². The molecule has 0 aromatic heterocycles. The molecule has 1 N–H and O–H groups in total. The Hall–Kier alpha value is -1.66. The second-order valence-corrected chi connectivity index (χ2v) is 3.31. The van der Waals surface area contributed by atoms with Gasteiger partial charge in [-0.25, -0.2) is 8.78 Å². The fraction of sp³-hybridized carbons (Fsp3) is 0.300. The second-order valence-electron chi connectivity index (χ2n) is 3.31. The highest BCUT2D eigenvalue weighted by Crippen LogP contribution is 2.35. The maximum atomic E-state index is 13.2. The predicted octanol–water partition coefficient (Wildman–Crippen LogP) is 2.70. The van der Waals surface area contributed by atoms with Gasteiger partial charge in [0.15, 0.2) is 6.04 Å². The number of nitrogens with one attached hydrogen (secondary N) is 1. The van der Waals surface area contributed by atoms with E-state index in [1.807, 2.05) is 0 Å². The van der Waals surface area contributed by atoms with Gasteiger partial charge in [-0.3, -0.25) is 4.79 Å². The highest BCUT2D eigenvalue weighted by molar-refractivity contribution is 5.73. The number of carbonyl (C=O) groups excluding carboxylic acids is 1. The molecular weight excluding hydrogens is 245 g/mol. The Kier molecular flexibility index (Phi) is 3.69. The van der Waals surface area contributed by atoms with Gasteiger partial charge >= 0.3 is 6.18 Å². The van der Waals surface area contributed by atoms with Crippen molar-refractivity contribution in [2.45, 2.75) is 19.1 Å². The van der Waals surface area contributed by atoms with E-state index in [9.17, 15) is 26.7 Å². The van der Waals surface area contributed by atoms with E-state index in [1.165, 1.54) is 5.32 Å². The predicted molar refractivity (Wildman–Crippen MR) is 49.0 cm³/mol. The van der Waals surface area contributed by atoms with E-state index in [4.69, 9.17) is 0 Å². The van der Waals surface area contributed by atoms with Crippen LogP contribution in [0, 0.1) is 11.6 Å². The summed E-state index contributed by atoms with van der Waals surface area (Å²) in [4.78, 5) is 10.6. The Morgan fingerprint density at radius 1 is 1.24 bits per heavy atom. The average molecular weight is 253 g/mol. The number of amides is 1. The molecule has 1 unspecified atom stereocenters. The normalized spacial score (nSPS) is 13.3. The molecule has 0 bridgehead atoms. The van der Waals surface area contributed by atoms with Gasteiger partial charge in [0.2, 0.25) is 5.91 Å². The third-order valence-corrected chi connectivity index (χ3v) is 1.96. The SMILES string of the molecule is CC(=O)NC(c1c(F)cccc1F)C(F)(F)F. The molecule has 1 aromatic rings. The molecule has 1 atom stereocenters. The number of benzene rings is 1. The van der Waals surface area contributed by atoms with Crippen LogP contribution < -0.4 is 5.32 Å². The maximum Gasteiger partial charge on any atom is 0.413 e. The summed E-state index contributed by atoms with van der Waals surface area (Å²) in [5.41, 5.74) is -1.21. The lowest BCUT2D eigenvalue weighted by atomic mass is 10.0. The van der Waals surface area contributed by atoms with Crippen LogP contribution in [0.25, 0.3) is 0 Å². The zero-order chi connectivity index (χ0) is 13.2. The van der Waals surface area contributed by atoms with Crippen LogP contribution in [0.2, 0.25) is 0 Å². The first-order chi connectivity index (χ1) is 7.73. The van der Waals surface area contributed by atoms with Crippen LogP contribution >= 0.6 is 0 Å². The Labute approximate surface area is 93.4 Å². The Balaban J connectivity index is 3.27. The van der Waals surface area contributed by atoms with Crippen molar-refractivity contribution in [1.29, 1.82) is 0 Å². The van der Waals surface area contributed by atoms with Gasteiger partial charge in [-0.2, -0.15) is 13.2 Å². The van der Waals surface area contributed by atoms with E-state index in [2.05, 4.69) is 0 Å². The molecule has 0 fully saturated rings. The van der Waals surface area contributed by atoms with Crippen molar-refractivity contribution in [3.63, 3.8) is 0 Å². The largest absolute Gasteiger partial charge is 0.413 e. The van der Waals surface area contributed by atoms with E-state index < -0.39 is 35.3 Å². The van der Waals surface area contributed by atoms with Crippen molar-refractivity contribution in [1.82, 2.24) is 5.32 Å². The number of rotatable bonds is 2. The monoisotopic (exact) mass is 253 g/mol. The Morgan fingerprint density at radius 3 is 2.06 bits per heavy atom.